The summed E-state index contributed by atoms with van der Waals surface area (Å²) in [6, 6.07) is 4.52. The molecule has 2 N–H and O–H groups in total. The molecule has 15 heavy (non-hydrogen) atoms. The number of nitrogens with two attached hydrogens (primary N) is 1. The van der Waals surface area contributed by atoms with Crippen LogP contribution in [0.15, 0.2) is 18.2 Å². The molecule has 0 saturated carbocycles. The number of fused-ring (bicyclic) bond motifs is 1. The highest BCUT2D eigenvalue weighted by Crippen LogP contribution is 2.29. The minimum Gasteiger partial charge on any atom is -0.398 e. The molecule has 0 aliphatic heterocycles. The van der Waals surface area contributed by atoms with Gasteiger partial charge in [0.05, 0.1) is 5.02 Å². The Morgan fingerprint density at radius 2 is 2.20 bits per heavy atom. The molecule has 1 aromatic carbocycles. The van der Waals surface area contributed by atoms with E-state index in [0.29, 0.717) is 22.5 Å². The van der Waals surface area contributed by atoms with Crippen molar-refractivity contribution in [3.8, 4) is 0 Å². The average Bonchev–Trinajstić information content (AvgIpc) is 2.23. The van der Waals surface area contributed by atoms with Gasteiger partial charge in [-0.25, -0.2) is 9.37 Å². The topological polar surface area (TPSA) is 38.9 Å². The number of rotatable bonds is 1. The molecule has 78 valence electrons. The summed E-state index contributed by atoms with van der Waals surface area (Å²) < 4.78 is 13.5. The van der Waals surface area contributed by atoms with E-state index in [-0.39, 0.29) is 5.52 Å². The van der Waals surface area contributed by atoms with E-state index < -0.39 is 5.82 Å². The van der Waals surface area contributed by atoms with Crippen molar-refractivity contribution in [2.45, 2.75) is 13.3 Å². The molecule has 0 amide bonds. The van der Waals surface area contributed by atoms with Crippen molar-refractivity contribution in [1.82, 2.24) is 4.98 Å². The lowest BCUT2D eigenvalue weighted by Gasteiger charge is -2.07. The SMILES string of the molecule is CCc1cc(N)c2c(Cl)ccc(F)c2n1. The van der Waals surface area contributed by atoms with Crippen LogP contribution in [-0.2, 0) is 6.42 Å². The van der Waals surface area contributed by atoms with Crippen LogP contribution in [0.4, 0.5) is 10.1 Å². The van der Waals surface area contributed by atoms with Gasteiger partial charge in [0.15, 0.2) is 0 Å². The Morgan fingerprint density at radius 3 is 2.87 bits per heavy atom. The van der Waals surface area contributed by atoms with E-state index in [1.54, 1.807) is 6.07 Å². The lowest BCUT2D eigenvalue weighted by atomic mass is 10.1. The Morgan fingerprint density at radius 1 is 1.47 bits per heavy atom. The van der Waals surface area contributed by atoms with Gasteiger partial charge in [-0.05, 0) is 24.6 Å². The first-order valence-corrected chi connectivity index (χ1v) is 5.04. The summed E-state index contributed by atoms with van der Waals surface area (Å²) in [5.74, 6) is -0.392. The van der Waals surface area contributed by atoms with Crippen LogP contribution in [-0.4, -0.2) is 4.98 Å². The van der Waals surface area contributed by atoms with E-state index in [2.05, 4.69) is 4.98 Å². The van der Waals surface area contributed by atoms with Crippen molar-refractivity contribution >= 4 is 28.2 Å². The van der Waals surface area contributed by atoms with Gasteiger partial charge >= 0.3 is 0 Å². The predicted molar refractivity (Wildman–Crippen MR) is 60.5 cm³/mol. The molecule has 1 heterocycles. The lowest BCUT2D eigenvalue weighted by molar-refractivity contribution is 0.636. The molecule has 4 heteroatoms. The minimum atomic E-state index is -0.392. The van der Waals surface area contributed by atoms with E-state index in [4.69, 9.17) is 17.3 Å². The smallest absolute Gasteiger partial charge is 0.149 e. The van der Waals surface area contributed by atoms with Crippen molar-refractivity contribution in [3.63, 3.8) is 0 Å². The van der Waals surface area contributed by atoms with Crippen LogP contribution < -0.4 is 5.73 Å². The van der Waals surface area contributed by atoms with Gasteiger partial charge in [-0.15, -0.1) is 0 Å². The van der Waals surface area contributed by atoms with Gasteiger partial charge in [0.25, 0.3) is 0 Å². The zero-order valence-corrected chi connectivity index (χ0v) is 8.98. The average molecular weight is 225 g/mol. The Balaban J connectivity index is 2.90. The summed E-state index contributed by atoms with van der Waals surface area (Å²) in [4.78, 5) is 4.18. The zero-order valence-electron chi connectivity index (χ0n) is 8.22. The van der Waals surface area contributed by atoms with Crippen molar-refractivity contribution < 1.29 is 4.39 Å². The van der Waals surface area contributed by atoms with E-state index in [1.807, 2.05) is 6.92 Å². The molecule has 2 aromatic rings. The molecular weight excluding hydrogens is 215 g/mol. The van der Waals surface area contributed by atoms with Crippen molar-refractivity contribution in [2.75, 3.05) is 5.73 Å². The Hall–Kier alpha value is -1.35. The second-order valence-electron chi connectivity index (χ2n) is 3.31. The molecule has 0 radical (unpaired) electrons. The maximum absolute atomic E-state index is 13.5. The van der Waals surface area contributed by atoms with E-state index in [9.17, 15) is 4.39 Å². The van der Waals surface area contributed by atoms with Gasteiger partial charge in [0.2, 0.25) is 0 Å². The van der Waals surface area contributed by atoms with Crippen molar-refractivity contribution in [1.29, 1.82) is 0 Å². The standard InChI is InChI=1S/C11H10ClFN2/c1-2-6-5-9(14)10-7(12)3-4-8(13)11(10)15-6/h3-5H,2H2,1H3,(H2,14,15). The van der Waals surface area contributed by atoms with Crippen LogP contribution >= 0.6 is 11.6 Å². The summed E-state index contributed by atoms with van der Waals surface area (Å²) in [7, 11) is 0. The maximum atomic E-state index is 13.5. The third-order valence-corrected chi connectivity index (χ3v) is 2.62. The maximum Gasteiger partial charge on any atom is 0.149 e. The van der Waals surface area contributed by atoms with Gasteiger partial charge in [-0.3, -0.25) is 0 Å². The second kappa shape index (κ2) is 3.66. The summed E-state index contributed by atoms with van der Waals surface area (Å²) in [5, 5.41) is 0.924. The van der Waals surface area contributed by atoms with Crippen LogP contribution in [0.25, 0.3) is 10.9 Å². The molecule has 0 spiro atoms. The van der Waals surface area contributed by atoms with Gasteiger partial charge in [0, 0.05) is 16.8 Å². The fraction of sp³-hybridized carbons (Fsp3) is 0.182. The first-order valence-electron chi connectivity index (χ1n) is 4.66. The number of aromatic nitrogens is 1. The van der Waals surface area contributed by atoms with E-state index in [0.717, 1.165) is 5.69 Å². The largest absolute Gasteiger partial charge is 0.398 e. The van der Waals surface area contributed by atoms with E-state index >= 15 is 0 Å². The summed E-state index contributed by atoms with van der Waals surface area (Å²) >= 11 is 5.94. The number of anilines is 1. The summed E-state index contributed by atoms with van der Waals surface area (Å²) in [6.45, 7) is 1.94. The molecule has 0 atom stereocenters. The molecule has 0 fully saturated rings. The predicted octanol–water partition coefficient (Wildman–Crippen LogP) is 3.17. The van der Waals surface area contributed by atoms with Gasteiger partial charge < -0.3 is 5.73 Å². The molecular formula is C11H10ClFN2. The molecule has 0 saturated heterocycles. The summed E-state index contributed by atoms with van der Waals surface area (Å²) in [6.07, 6.45) is 0.714. The van der Waals surface area contributed by atoms with Crippen LogP contribution in [0, 0.1) is 5.82 Å². The van der Waals surface area contributed by atoms with Gasteiger partial charge in [0.1, 0.15) is 11.3 Å². The zero-order chi connectivity index (χ0) is 11.0. The van der Waals surface area contributed by atoms with Gasteiger partial charge in [-0.1, -0.05) is 18.5 Å². The van der Waals surface area contributed by atoms with Crippen LogP contribution in [0.1, 0.15) is 12.6 Å². The van der Waals surface area contributed by atoms with Crippen molar-refractivity contribution in [3.05, 3.63) is 34.7 Å². The third kappa shape index (κ3) is 1.63. The van der Waals surface area contributed by atoms with E-state index in [1.165, 1.54) is 12.1 Å². The quantitative estimate of drug-likeness (QED) is 0.808. The first-order chi connectivity index (χ1) is 7.13. The Labute approximate surface area is 91.9 Å². The normalized spacial score (nSPS) is 10.9. The number of pyridine rings is 1. The number of nitrogens with zero attached hydrogens (tertiary/aromatic N) is 1. The van der Waals surface area contributed by atoms with Gasteiger partial charge in [-0.2, -0.15) is 0 Å². The number of hydrogen-bond donors (Lipinski definition) is 1. The monoisotopic (exact) mass is 224 g/mol. The highest BCUT2D eigenvalue weighted by Gasteiger charge is 2.10. The Bertz CT molecular complexity index is 525. The third-order valence-electron chi connectivity index (χ3n) is 2.31. The fourth-order valence-corrected chi connectivity index (χ4v) is 1.80. The molecule has 2 rings (SSSR count). The fourth-order valence-electron chi connectivity index (χ4n) is 1.53. The number of hydrogen-bond acceptors (Lipinski definition) is 2. The molecule has 1 aromatic heterocycles. The van der Waals surface area contributed by atoms with Crippen LogP contribution in [0.3, 0.4) is 0 Å². The molecule has 0 unspecified atom stereocenters. The second-order valence-corrected chi connectivity index (χ2v) is 3.72. The number of aryl methyl sites for hydroxylation is 1. The molecule has 0 aliphatic carbocycles. The minimum absolute atomic E-state index is 0.249. The number of benzene rings is 1. The Kier molecular flexibility index (Phi) is 2.49. The highest BCUT2D eigenvalue weighted by molar-refractivity contribution is 6.36. The van der Waals surface area contributed by atoms with Crippen LogP contribution in [0.2, 0.25) is 5.02 Å². The molecule has 0 aliphatic rings. The lowest BCUT2D eigenvalue weighted by Crippen LogP contribution is -1.97. The summed E-state index contributed by atoms with van der Waals surface area (Å²) in [5.41, 5.74) is 7.30. The van der Waals surface area contributed by atoms with Crippen molar-refractivity contribution in [2.24, 2.45) is 0 Å². The molecule has 0 bridgehead atoms. The highest BCUT2D eigenvalue weighted by atomic mass is 35.5. The first kappa shape index (κ1) is 10.2. The number of halogens is 2. The molecule has 2 nitrogen and oxygen atoms in total. The number of nitrogen functional groups attached to an aromatic ring is 1. The van der Waals surface area contributed by atoms with Crippen LogP contribution in [0.5, 0.6) is 0 Å².